The molecule has 1 saturated heterocycles. The Morgan fingerprint density at radius 3 is 2.60 bits per heavy atom. The van der Waals surface area contributed by atoms with E-state index in [9.17, 15) is 5.11 Å². The number of hydrogen-bond acceptors (Lipinski definition) is 5. The summed E-state index contributed by atoms with van der Waals surface area (Å²) in [5.41, 5.74) is 3.22. The Balaban J connectivity index is 1.83. The first-order chi connectivity index (χ1) is 9.83. The minimum absolute atomic E-state index is 0.423. The fraction of sp³-hybridized carbons (Fsp3) is 1.00. The van der Waals surface area contributed by atoms with Crippen LogP contribution in [0, 0.1) is 0 Å². The fourth-order valence-electron chi connectivity index (χ4n) is 2.22. The molecule has 0 aliphatic carbocycles. The van der Waals surface area contributed by atoms with Crippen LogP contribution in [0.3, 0.4) is 0 Å². The first kappa shape index (κ1) is 17.9. The molecule has 0 bridgehead atoms. The van der Waals surface area contributed by atoms with Crippen LogP contribution in [0.1, 0.15) is 45.4 Å². The van der Waals surface area contributed by atoms with E-state index in [0.717, 1.165) is 39.3 Å². The number of hydrazine groups is 1. The third kappa shape index (κ3) is 9.66. The molecule has 1 fully saturated rings. The van der Waals surface area contributed by atoms with Crippen molar-refractivity contribution in [2.45, 2.75) is 51.6 Å². The highest BCUT2D eigenvalue weighted by Crippen LogP contribution is 2.05. The van der Waals surface area contributed by atoms with E-state index in [-0.39, 0.29) is 0 Å². The zero-order valence-corrected chi connectivity index (χ0v) is 13.0. The number of aliphatic hydroxyl groups excluding tert-OH is 1. The van der Waals surface area contributed by atoms with Crippen molar-refractivity contribution in [3.63, 3.8) is 0 Å². The molecule has 0 aromatic heterocycles. The van der Waals surface area contributed by atoms with Gasteiger partial charge in [-0.3, -0.25) is 5.43 Å². The van der Waals surface area contributed by atoms with Crippen molar-refractivity contribution < 1.29 is 14.6 Å². The van der Waals surface area contributed by atoms with Gasteiger partial charge in [-0.05, 0) is 6.42 Å². The maximum Gasteiger partial charge on any atom is 0.0911 e. The molecule has 1 heterocycles. The van der Waals surface area contributed by atoms with Crippen molar-refractivity contribution in [1.29, 1.82) is 0 Å². The van der Waals surface area contributed by atoms with E-state index in [0.29, 0.717) is 13.2 Å². The van der Waals surface area contributed by atoms with Gasteiger partial charge in [-0.1, -0.05) is 39.0 Å². The van der Waals surface area contributed by atoms with E-state index in [1.54, 1.807) is 0 Å². The van der Waals surface area contributed by atoms with E-state index in [2.05, 4.69) is 17.4 Å². The lowest BCUT2D eigenvalue weighted by molar-refractivity contribution is -0.0110. The Bertz CT molecular complexity index is 211. The molecule has 1 atom stereocenters. The maximum absolute atomic E-state index is 9.81. The molecule has 1 aliphatic heterocycles. The Kier molecular flexibility index (Phi) is 11.2. The SMILES string of the molecule is CCCCCCCCOCC(O)CNN1CCOCC1. The van der Waals surface area contributed by atoms with Crippen LogP contribution < -0.4 is 5.43 Å². The van der Waals surface area contributed by atoms with Gasteiger partial charge >= 0.3 is 0 Å². The fourth-order valence-corrected chi connectivity index (χ4v) is 2.22. The molecule has 0 aromatic carbocycles. The summed E-state index contributed by atoms with van der Waals surface area (Å²) in [5, 5.41) is 11.9. The number of nitrogens with zero attached hydrogens (tertiary/aromatic N) is 1. The molecular formula is C15H32N2O3. The van der Waals surface area contributed by atoms with E-state index in [4.69, 9.17) is 9.47 Å². The van der Waals surface area contributed by atoms with Gasteiger partial charge in [0.25, 0.3) is 0 Å². The number of hydrogen-bond donors (Lipinski definition) is 2. The summed E-state index contributed by atoms with van der Waals surface area (Å²) in [4.78, 5) is 0. The van der Waals surface area contributed by atoms with Crippen LogP contribution in [0.2, 0.25) is 0 Å². The van der Waals surface area contributed by atoms with Crippen molar-refractivity contribution in [2.24, 2.45) is 0 Å². The molecule has 0 aromatic rings. The predicted molar refractivity (Wildman–Crippen MR) is 80.6 cm³/mol. The second-order valence-electron chi connectivity index (χ2n) is 5.46. The van der Waals surface area contributed by atoms with Crippen molar-refractivity contribution in [3.05, 3.63) is 0 Å². The summed E-state index contributed by atoms with van der Waals surface area (Å²) in [6, 6.07) is 0. The highest BCUT2D eigenvalue weighted by Gasteiger charge is 2.11. The van der Waals surface area contributed by atoms with Crippen molar-refractivity contribution in [2.75, 3.05) is 46.1 Å². The van der Waals surface area contributed by atoms with E-state index < -0.39 is 6.10 Å². The Morgan fingerprint density at radius 2 is 1.85 bits per heavy atom. The molecular weight excluding hydrogens is 256 g/mol. The van der Waals surface area contributed by atoms with Crippen LogP contribution in [-0.2, 0) is 9.47 Å². The zero-order chi connectivity index (χ0) is 14.5. The third-order valence-electron chi connectivity index (χ3n) is 3.51. The molecule has 1 rings (SSSR count). The van der Waals surface area contributed by atoms with Crippen LogP contribution in [0.25, 0.3) is 0 Å². The third-order valence-corrected chi connectivity index (χ3v) is 3.51. The number of morpholine rings is 1. The smallest absolute Gasteiger partial charge is 0.0911 e. The topological polar surface area (TPSA) is 54.0 Å². The first-order valence-electron chi connectivity index (χ1n) is 8.15. The number of nitrogens with one attached hydrogen (secondary N) is 1. The molecule has 5 heteroatoms. The van der Waals surface area contributed by atoms with Crippen LogP contribution >= 0.6 is 0 Å². The highest BCUT2D eigenvalue weighted by atomic mass is 16.5. The molecule has 1 aliphatic rings. The van der Waals surface area contributed by atoms with Crippen LogP contribution in [0.5, 0.6) is 0 Å². The standard InChI is InChI=1S/C15H32N2O3/c1-2-3-4-5-6-7-10-20-14-15(18)13-16-17-8-11-19-12-9-17/h15-16,18H,2-14H2,1H3. The van der Waals surface area contributed by atoms with Crippen LogP contribution in [0.15, 0.2) is 0 Å². The minimum atomic E-state index is -0.432. The van der Waals surface area contributed by atoms with Gasteiger partial charge in [0, 0.05) is 26.2 Å². The lowest BCUT2D eigenvalue weighted by atomic mass is 10.1. The second kappa shape index (κ2) is 12.5. The molecule has 1 unspecified atom stereocenters. The Hall–Kier alpha value is -0.200. The summed E-state index contributed by atoms with van der Waals surface area (Å²) in [6.07, 6.45) is 7.18. The molecule has 5 nitrogen and oxygen atoms in total. The number of rotatable bonds is 12. The number of ether oxygens (including phenoxy) is 2. The number of aliphatic hydroxyl groups is 1. The van der Waals surface area contributed by atoms with Gasteiger partial charge in [0.2, 0.25) is 0 Å². The molecule has 0 amide bonds. The Morgan fingerprint density at radius 1 is 1.15 bits per heavy atom. The predicted octanol–water partition coefficient (Wildman–Crippen LogP) is 1.56. The average molecular weight is 288 g/mol. The zero-order valence-electron chi connectivity index (χ0n) is 13.0. The molecule has 20 heavy (non-hydrogen) atoms. The average Bonchev–Trinajstić information content (AvgIpc) is 2.49. The van der Waals surface area contributed by atoms with Gasteiger partial charge in [-0.15, -0.1) is 0 Å². The largest absolute Gasteiger partial charge is 0.389 e. The molecule has 2 N–H and O–H groups in total. The second-order valence-corrected chi connectivity index (χ2v) is 5.46. The summed E-state index contributed by atoms with van der Waals surface area (Å²) >= 11 is 0. The lowest BCUT2D eigenvalue weighted by Gasteiger charge is -2.28. The first-order valence-corrected chi connectivity index (χ1v) is 8.15. The molecule has 0 saturated carbocycles. The van der Waals surface area contributed by atoms with Crippen LogP contribution in [-0.4, -0.2) is 62.3 Å². The van der Waals surface area contributed by atoms with Gasteiger partial charge in [0.15, 0.2) is 0 Å². The summed E-state index contributed by atoms with van der Waals surface area (Å²) in [6.45, 7) is 7.25. The van der Waals surface area contributed by atoms with Crippen molar-refractivity contribution in [1.82, 2.24) is 10.4 Å². The summed E-state index contributed by atoms with van der Waals surface area (Å²) < 4.78 is 10.8. The number of unbranched alkanes of at least 4 members (excludes halogenated alkanes) is 5. The quantitative estimate of drug-likeness (QED) is 0.534. The van der Waals surface area contributed by atoms with Crippen molar-refractivity contribution >= 4 is 0 Å². The minimum Gasteiger partial charge on any atom is -0.389 e. The Labute approximate surface area is 123 Å². The van der Waals surface area contributed by atoms with Gasteiger partial charge in [-0.2, -0.15) is 0 Å². The van der Waals surface area contributed by atoms with Gasteiger partial charge in [0.1, 0.15) is 0 Å². The normalized spacial score (nSPS) is 18.3. The molecule has 0 radical (unpaired) electrons. The summed E-state index contributed by atoms with van der Waals surface area (Å²) in [7, 11) is 0. The van der Waals surface area contributed by atoms with Crippen LogP contribution in [0.4, 0.5) is 0 Å². The van der Waals surface area contributed by atoms with Gasteiger partial charge < -0.3 is 14.6 Å². The van der Waals surface area contributed by atoms with E-state index >= 15 is 0 Å². The van der Waals surface area contributed by atoms with Gasteiger partial charge in [-0.25, -0.2) is 5.01 Å². The molecule has 0 spiro atoms. The van der Waals surface area contributed by atoms with Crippen molar-refractivity contribution in [3.8, 4) is 0 Å². The lowest BCUT2D eigenvalue weighted by Crippen LogP contribution is -2.48. The maximum atomic E-state index is 9.81. The van der Waals surface area contributed by atoms with E-state index in [1.165, 1.54) is 32.1 Å². The highest BCUT2D eigenvalue weighted by molar-refractivity contribution is 4.61. The monoisotopic (exact) mass is 288 g/mol. The summed E-state index contributed by atoms with van der Waals surface area (Å²) in [5.74, 6) is 0. The van der Waals surface area contributed by atoms with Gasteiger partial charge in [0.05, 0.1) is 25.9 Å². The van der Waals surface area contributed by atoms with E-state index in [1.807, 2.05) is 0 Å². The molecule has 120 valence electrons.